The number of hydrogen-bond acceptors (Lipinski definition) is 9. The number of nitrogens with zero attached hydrogens (tertiary/aromatic N) is 5. The second-order valence-electron chi connectivity index (χ2n) is 7.58. The number of anilines is 2. The molecule has 1 aromatic heterocycles. The van der Waals surface area contributed by atoms with Crippen LogP contribution < -0.4 is 10.2 Å². The summed E-state index contributed by atoms with van der Waals surface area (Å²) in [6.07, 6.45) is 1.91. The minimum atomic E-state index is -0.503. The number of amides is 1. The molecule has 0 bridgehead atoms. The number of thioether (sulfide) groups is 1. The van der Waals surface area contributed by atoms with Gasteiger partial charge in [0.1, 0.15) is 5.56 Å². The van der Waals surface area contributed by atoms with Crippen LogP contribution in [0.25, 0.3) is 11.5 Å². The highest BCUT2D eigenvalue weighted by molar-refractivity contribution is 7.99. The molecule has 1 saturated heterocycles. The van der Waals surface area contributed by atoms with E-state index in [2.05, 4.69) is 31.9 Å². The molecule has 2 aromatic carbocycles. The van der Waals surface area contributed by atoms with Gasteiger partial charge in [-0.25, -0.2) is 0 Å². The van der Waals surface area contributed by atoms with Crippen LogP contribution in [-0.4, -0.2) is 64.4 Å². The zero-order chi connectivity index (χ0) is 23.9. The number of nitrogens with one attached hydrogen (secondary N) is 1. The van der Waals surface area contributed by atoms with Gasteiger partial charge in [-0.05, 0) is 18.2 Å². The van der Waals surface area contributed by atoms with Gasteiger partial charge in [0, 0.05) is 38.8 Å². The number of para-hydroxylation sites is 3. The number of piperazine rings is 1. The number of aromatic nitrogens is 2. The predicted octanol–water partition coefficient (Wildman–Crippen LogP) is 3.68. The Labute approximate surface area is 200 Å². The minimum absolute atomic E-state index is 0.0381. The number of benzene rings is 2. The van der Waals surface area contributed by atoms with Crippen molar-refractivity contribution in [2.75, 3.05) is 48.7 Å². The van der Waals surface area contributed by atoms with Crippen LogP contribution in [0.4, 0.5) is 17.1 Å². The topological polar surface area (TPSA) is 118 Å². The normalized spacial score (nSPS) is 14.1. The molecule has 0 aliphatic carbocycles. The van der Waals surface area contributed by atoms with Gasteiger partial charge in [0.25, 0.3) is 16.8 Å². The van der Waals surface area contributed by atoms with E-state index in [1.807, 2.05) is 30.3 Å². The van der Waals surface area contributed by atoms with Crippen molar-refractivity contribution in [3.8, 4) is 11.5 Å². The molecule has 1 aliphatic heterocycles. The summed E-state index contributed by atoms with van der Waals surface area (Å²) >= 11 is 1.07. The number of nitro groups is 1. The summed E-state index contributed by atoms with van der Waals surface area (Å²) < 4.78 is 5.55. The van der Waals surface area contributed by atoms with Crippen molar-refractivity contribution in [1.82, 2.24) is 15.1 Å². The molecule has 11 heteroatoms. The molecule has 4 rings (SSSR count). The van der Waals surface area contributed by atoms with Crippen LogP contribution in [0.15, 0.2) is 70.8 Å². The Hall–Kier alpha value is -3.70. The standard InChI is InChI=1S/C23H24N6O4S/c1-2-11-27-12-14-28(15-13-27)20-10-6-4-8-18(20)24-21(30)16-34-23-26-25-22(33-23)17-7-3-5-9-19(17)29(31)32/h2-10H,1,11-16H2,(H,24,30). The number of hydrogen-bond donors (Lipinski definition) is 1. The summed E-state index contributed by atoms with van der Waals surface area (Å²) in [4.78, 5) is 28.0. The lowest BCUT2D eigenvalue weighted by Gasteiger charge is -2.36. The van der Waals surface area contributed by atoms with E-state index >= 15 is 0 Å². The zero-order valence-corrected chi connectivity index (χ0v) is 19.2. The molecule has 2 heterocycles. The second kappa shape index (κ2) is 10.9. The lowest BCUT2D eigenvalue weighted by atomic mass is 10.2. The molecule has 3 aromatic rings. The third kappa shape index (κ3) is 5.61. The van der Waals surface area contributed by atoms with Crippen LogP contribution in [-0.2, 0) is 4.79 Å². The highest BCUT2D eigenvalue weighted by Crippen LogP contribution is 2.31. The fourth-order valence-electron chi connectivity index (χ4n) is 3.71. The largest absolute Gasteiger partial charge is 0.411 e. The third-order valence-corrected chi connectivity index (χ3v) is 6.16. The van der Waals surface area contributed by atoms with Crippen LogP contribution in [0.3, 0.4) is 0 Å². The van der Waals surface area contributed by atoms with Gasteiger partial charge in [0.15, 0.2) is 0 Å². The number of carbonyl (C=O) groups is 1. The van der Waals surface area contributed by atoms with Crippen molar-refractivity contribution in [1.29, 1.82) is 0 Å². The third-order valence-electron chi connectivity index (χ3n) is 5.34. The van der Waals surface area contributed by atoms with Gasteiger partial charge in [-0.15, -0.1) is 16.8 Å². The number of carbonyl (C=O) groups excluding carboxylic acids is 1. The lowest BCUT2D eigenvalue weighted by Crippen LogP contribution is -2.46. The van der Waals surface area contributed by atoms with Gasteiger partial charge in [-0.3, -0.25) is 19.8 Å². The molecular formula is C23H24N6O4S. The highest BCUT2D eigenvalue weighted by atomic mass is 32.2. The first kappa shape index (κ1) is 23.5. The van der Waals surface area contributed by atoms with Crippen molar-refractivity contribution in [2.24, 2.45) is 0 Å². The van der Waals surface area contributed by atoms with Crippen LogP contribution >= 0.6 is 11.8 Å². The molecular weight excluding hydrogens is 456 g/mol. The lowest BCUT2D eigenvalue weighted by molar-refractivity contribution is -0.384. The summed E-state index contributed by atoms with van der Waals surface area (Å²) in [6.45, 7) is 8.27. The molecule has 0 atom stereocenters. The Balaban J connectivity index is 1.36. The van der Waals surface area contributed by atoms with Gasteiger partial charge in [-0.1, -0.05) is 42.1 Å². The van der Waals surface area contributed by atoms with Crippen molar-refractivity contribution >= 4 is 34.7 Å². The van der Waals surface area contributed by atoms with E-state index in [0.717, 1.165) is 55.9 Å². The Morgan fingerprint density at radius 3 is 2.65 bits per heavy atom. The van der Waals surface area contributed by atoms with Crippen LogP contribution in [0.5, 0.6) is 0 Å². The van der Waals surface area contributed by atoms with E-state index in [9.17, 15) is 14.9 Å². The van der Waals surface area contributed by atoms with Crippen molar-refractivity contribution in [3.63, 3.8) is 0 Å². The van der Waals surface area contributed by atoms with E-state index < -0.39 is 4.92 Å². The molecule has 1 N–H and O–H groups in total. The fraction of sp³-hybridized carbons (Fsp3) is 0.261. The van der Waals surface area contributed by atoms with Gasteiger partial charge in [-0.2, -0.15) is 0 Å². The van der Waals surface area contributed by atoms with Gasteiger partial charge < -0.3 is 14.6 Å². The maximum absolute atomic E-state index is 12.6. The monoisotopic (exact) mass is 480 g/mol. The average Bonchev–Trinajstić information content (AvgIpc) is 3.33. The fourth-order valence-corrected chi connectivity index (χ4v) is 4.28. The molecule has 176 valence electrons. The minimum Gasteiger partial charge on any atom is -0.411 e. The smallest absolute Gasteiger partial charge is 0.282 e. The van der Waals surface area contributed by atoms with E-state index in [0.29, 0.717) is 0 Å². The summed E-state index contributed by atoms with van der Waals surface area (Å²) in [5.74, 6) is -0.121. The molecule has 0 saturated carbocycles. The molecule has 1 amide bonds. The first-order chi connectivity index (χ1) is 16.5. The molecule has 0 unspecified atom stereocenters. The predicted molar refractivity (Wildman–Crippen MR) is 131 cm³/mol. The molecule has 0 radical (unpaired) electrons. The molecule has 0 spiro atoms. The maximum Gasteiger partial charge on any atom is 0.282 e. The Kier molecular flexibility index (Phi) is 7.55. The van der Waals surface area contributed by atoms with Gasteiger partial charge >= 0.3 is 0 Å². The molecule has 1 fully saturated rings. The molecule has 34 heavy (non-hydrogen) atoms. The number of rotatable bonds is 9. The molecule has 10 nitrogen and oxygen atoms in total. The van der Waals surface area contributed by atoms with Gasteiger partial charge in [0.2, 0.25) is 5.91 Å². The maximum atomic E-state index is 12.6. The van der Waals surface area contributed by atoms with Crippen molar-refractivity contribution in [3.05, 3.63) is 71.3 Å². The van der Waals surface area contributed by atoms with Crippen LogP contribution in [0.1, 0.15) is 0 Å². The highest BCUT2D eigenvalue weighted by Gasteiger charge is 2.21. The molecule has 1 aliphatic rings. The van der Waals surface area contributed by atoms with Crippen molar-refractivity contribution < 1.29 is 14.1 Å². The van der Waals surface area contributed by atoms with E-state index in [4.69, 9.17) is 4.42 Å². The quantitative estimate of drug-likeness (QED) is 0.212. The summed E-state index contributed by atoms with van der Waals surface area (Å²) in [5, 5.41) is 22.2. The van der Waals surface area contributed by atoms with Crippen LogP contribution in [0.2, 0.25) is 0 Å². The summed E-state index contributed by atoms with van der Waals surface area (Å²) in [5.41, 5.74) is 1.84. The first-order valence-corrected chi connectivity index (χ1v) is 11.7. The Bertz CT molecular complexity index is 1180. The second-order valence-corrected chi connectivity index (χ2v) is 8.50. The van der Waals surface area contributed by atoms with Gasteiger partial charge in [0.05, 0.1) is 22.1 Å². The van der Waals surface area contributed by atoms with Crippen LogP contribution in [0, 0.1) is 10.1 Å². The van der Waals surface area contributed by atoms with E-state index in [1.165, 1.54) is 6.07 Å². The first-order valence-electron chi connectivity index (χ1n) is 10.7. The average molecular weight is 481 g/mol. The zero-order valence-electron chi connectivity index (χ0n) is 18.4. The Morgan fingerprint density at radius 2 is 1.88 bits per heavy atom. The van der Waals surface area contributed by atoms with E-state index in [-0.39, 0.29) is 34.0 Å². The van der Waals surface area contributed by atoms with E-state index in [1.54, 1.807) is 18.2 Å². The number of nitro benzene ring substituents is 1. The SMILES string of the molecule is C=CCN1CCN(c2ccccc2NC(=O)CSc2nnc(-c3ccccc3[N+](=O)[O-])o2)CC1. The summed E-state index contributed by atoms with van der Waals surface area (Å²) in [7, 11) is 0. The van der Waals surface area contributed by atoms with Crippen molar-refractivity contribution in [2.45, 2.75) is 5.22 Å². The Morgan fingerprint density at radius 1 is 1.15 bits per heavy atom. The summed E-state index contributed by atoms with van der Waals surface area (Å²) in [6, 6.07) is 13.9.